The standard InChI is InChI=1S/C34H35F4N3O5S/c1-41(2)27(33(44)45)13-18-7-9-19(10-8-18)24-16-25(28(46-3)17-26(24)35)31(42)40-30-21-12-11-20(14-21)29(30)32(43)39-22-5-4-6-23(15-22)47-34(36,37)38/h4-10,15-17,20-21,27,29-30H,11-14H2,1-3H3,(H,39,43)(H,40,42)(H,44,45). The number of methoxy groups -OCH3 is 1. The molecule has 0 aliphatic heterocycles. The Labute approximate surface area is 273 Å². The summed E-state index contributed by atoms with van der Waals surface area (Å²) < 4.78 is 59.3. The number of nitrogens with zero attached hydrogens (tertiary/aromatic N) is 1. The lowest BCUT2D eigenvalue weighted by atomic mass is 9.83. The molecule has 3 N–H and O–H groups in total. The molecule has 3 aromatic rings. The lowest BCUT2D eigenvalue weighted by Crippen LogP contribution is -2.48. The van der Waals surface area contributed by atoms with Crippen LogP contribution in [0.3, 0.4) is 0 Å². The number of nitrogens with one attached hydrogen (secondary N) is 2. The van der Waals surface area contributed by atoms with Gasteiger partial charge in [0.05, 0.1) is 18.6 Å². The van der Waals surface area contributed by atoms with Crippen molar-refractivity contribution in [2.45, 2.75) is 48.2 Å². The van der Waals surface area contributed by atoms with Crippen molar-refractivity contribution in [2.75, 3.05) is 26.5 Å². The first-order valence-corrected chi connectivity index (χ1v) is 15.9. The van der Waals surface area contributed by atoms with Crippen LogP contribution in [0.2, 0.25) is 0 Å². The van der Waals surface area contributed by atoms with Crippen LogP contribution in [0.25, 0.3) is 11.1 Å². The van der Waals surface area contributed by atoms with E-state index >= 15 is 4.39 Å². The van der Waals surface area contributed by atoms with Crippen molar-refractivity contribution in [1.82, 2.24) is 10.2 Å². The third kappa shape index (κ3) is 7.90. The Morgan fingerprint density at radius 1 is 1.04 bits per heavy atom. The lowest BCUT2D eigenvalue weighted by molar-refractivity contribution is -0.142. The molecule has 2 aliphatic carbocycles. The van der Waals surface area contributed by atoms with Gasteiger partial charge in [0, 0.05) is 28.3 Å². The van der Waals surface area contributed by atoms with Crippen molar-refractivity contribution < 1.29 is 41.8 Å². The maximum atomic E-state index is 15.3. The molecule has 0 saturated heterocycles. The normalized spacial score (nSPS) is 21.0. The number of fused-ring (bicyclic) bond motifs is 2. The van der Waals surface area contributed by atoms with Crippen LogP contribution in [-0.2, 0) is 16.0 Å². The molecule has 250 valence electrons. The largest absolute Gasteiger partial charge is 0.496 e. The number of carboxylic acids is 1. The molecular weight excluding hydrogens is 638 g/mol. The molecule has 2 bridgehead atoms. The van der Waals surface area contributed by atoms with Crippen LogP contribution in [0.5, 0.6) is 5.75 Å². The summed E-state index contributed by atoms with van der Waals surface area (Å²) in [4.78, 5) is 40.4. The van der Waals surface area contributed by atoms with Crippen molar-refractivity contribution in [2.24, 2.45) is 17.8 Å². The second kappa shape index (κ2) is 13.9. The highest BCUT2D eigenvalue weighted by Gasteiger charge is 2.51. The van der Waals surface area contributed by atoms with Gasteiger partial charge in [0.2, 0.25) is 5.91 Å². The molecule has 3 aromatic carbocycles. The molecule has 2 saturated carbocycles. The van der Waals surface area contributed by atoms with Gasteiger partial charge in [0.15, 0.2) is 0 Å². The van der Waals surface area contributed by atoms with E-state index < -0.39 is 41.2 Å². The fraction of sp³-hybridized carbons (Fsp3) is 0.382. The summed E-state index contributed by atoms with van der Waals surface area (Å²) in [6.45, 7) is 0. The number of carboxylic acid groups (broad SMARTS) is 1. The van der Waals surface area contributed by atoms with Gasteiger partial charge in [-0.3, -0.25) is 19.3 Å². The minimum absolute atomic E-state index is 0.00422. The van der Waals surface area contributed by atoms with Crippen LogP contribution in [-0.4, -0.2) is 66.6 Å². The minimum atomic E-state index is -4.47. The maximum absolute atomic E-state index is 15.3. The van der Waals surface area contributed by atoms with Crippen LogP contribution >= 0.6 is 11.8 Å². The van der Waals surface area contributed by atoms with Gasteiger partial charge < -0.3 is 20.5 Å². The highest BCUT2D eigenvalue weighted by Crippen LogP contribution is 2.49. The van der Waals surface area contributed by atoms with E-state index in [1.54, 1.807) is 43.3 Å². The van der Waals surface area contributed by atoms with Gasteiger partial charge in [0.1, 0.15) is 17.6 Å². The Morgan fingerprint density at radius 2 is 1.74 bits per heavy atom. The zero-order valence-electron chi connectivity index (χ0n) is 25.9. The predicted molar refractivity (Wildman–Crippen MR) is 170 cm³/mol. The van der Waals surface area contributed by atoms with Crippen molar-refractivity contribution in [3.05, 3.63) is 77.6 Å². The Kier molecular flexibility index (Phi) is 10.2. The third-order valence-corrected chi connectivity index (χ3v) is 9.71. The molecule has 0 radical (unpaired) electrons. The zero-order valence-corrected chi connectivity index (χ0v) is 26.8. The molecule has 5 unspecified atom stereocenters. The molecule has 5 rings (SSSR count). The van der Waals surface area contributed by atoms with Gasteiger partial charge in [-0.2, -0.15) is 13.2 Å². The second-order valence-corrected chi connectivity index (χ2v) is 13.3. The molecule has 2 amide bonds. The average molecular weight is 674 g/mol. The van der Waals surface area contributed by atoms with Gasteiger partial charge >= 0.3 is 11.5 Å². The molecule has 0 aromatic heterocycles. The smallest absolute Gasteiger partial charge is 0.446 e. The van der Waals surface area contributed by atoms with E-state index in [2.05, 4.69) is 10.6 Å². The molecular formula is C34H35F4N3O5S. The van der Waals surface area contributed by atoms with Crippen LogP contribution in [0.1, 0.15) is 35.2 Å². The minimum Gasteiger partial charge on any atom is -0.496 e. The van der Waals surface area contributed by atoms with E-state index in [4.69, 9.17) is 4.74 Å². The quantitative estimate of drug-likeness (QED) is 0.159. The van der Waals surface area contributed by atoms with Crippen molar-refractivity contribution in [1.29, 1.82) is 0 Å². The number of alkyl halides is 3. The molecule has 5 atom stereocenters. The number of ether oxygens (including phenoxy) is 1. The number of thioether (sulfide) groups is 1. The molecule has 13 heteroatoms. The summed E-state index contributed by atoms with van der Waals surface area (Å²) in [6.07, 6.45) is 2.58. The highest BCUT2D eigenvalue weighted by atomic mass is 32.2. The van der Waals surface area contributed by atoms with E-state index in [9.17, 15) is 32.7 Å². The fourth-order valence-corrected chi connectivity index (χ4v) is 7.36. The molecule has 8 nitrogen and oxygen atoms in total. The Hall–Kier alpha value is -4.10. The van der Waals surface area contributed by atoms with Gasteiger partial charge in [-0.1, -0.05) is 30.3 Å². The fourth-order valence-electron chi connectivity index (χ4n) is 6.76. The molecule has 0 spiro atoms. The van der Waals surface area contributed by atoms with E-state index in [1.807, 2.05) is 0 Å². The number of amides is 2. The summed E-state index contributed by atoms with van der Waals surface area (Å²) in [7, 11) is 4.68. The summed E-state index contributed by atoms with van der Waals surface area (Å²) in [5, 5.41) is 15.2. The zero-order chi connectivity index (χ0) is 34.0. The van der Waals surface area contributed by atoms with Crippen LogP contribution in [0.15, 0.2) is 65.6 Å². The lowest BCUT2D eigenvalue weighted by Gasteiger charge is -2.31. The Morgan fingerprint density at radius 3 is 2.38 bits per heavy atom. The van der Waals surface area contributed by atoms with Crippen molar-refractivity contribution in [3.8, 4) is 16.9 Å². The number of hydrogen-bond donors (Lipinski definition) is 3. The predicted octanol–water partition coefficient (Wildman–Crippen LogP) is 6.45. The number of benzene rings is 3. The maximum Gasteiger partial charge on any atom is 0.446 e. The number of likely N-dealkylation sites (N-methyl/N-ethyl adjacent to an activating group) is 1. The first-order chi connectivity index (χ1) is 22.2. The monoisotopic (exact) mass is 673 g/mol. The van der Waals surface area contributed by atoms with Crippen LogP contribution < -0.4 is 15.4 Å². The highest BCUT2D eigenvalue weighted by molar-refractivity contribution is 8.00. The van der Waals surface area contributed by atoms with Crippen LogP contribution in [0, 0.1) is 23.6 Å². The van der Waals surface area contributed by atoms with E-state index in [0.717, 1.165) is 30.9 Å². The average Bonchev–Trinajstić information content (AvgIpc) is 3.61. The SMILES string of the molecule is COc1cc(F)c(-c2ccc(CC(C(=O)O)N(C)C)cc2)cc1C(=O)NC1C2CCC(C2)C1C(=O)Nc1cccc(SC(F)(F)F)c1. The van der Waals surface area contributed by atoms with E-state index in [1.165, 1.54) is 37.4 Å². The number of rotatable bonds is 11. The third-order valence-electron chi connectivity index (χ3n) is 8.99. The Bertz CT molecular complexity index is 1650. The van der Waals surface area contributed by atoms with Gasteiger partial charge in [-0.05, 0) is 98.8 Å². The summed E-state index contributed by atoms with van der Waals surface area (Å²) in [5.41, 5.74) is -2.80. The number of anilines is 1. The van der Waals surface area contributed by atoms with E-state index in [0.29, 0.717) is 5.56 Å². The number of carbonyl (C=O) groups excluding carboxylic acids is 2. The molecule has 0 heterocycles. The Balaban J connectivity index is 1.35. The summed E-state index contributed by atoms with van der Waals surface area (Å²) >= 11 is -0.268. The first-order valence-electron chi connectivity index (χ1n) is 15.1. The van der Waals surface area contributed by atoms with Gasteiger partial charge in [-0.15, -0.1) is 0 Å². The molecule has 2 fully saturated rings. The van der Waals surface area contributed by atoms with Crippen molar-refractivity contribution in [3.63, 3.8) is 0 Å². The van der Waals surface area contributed by atoms with Gasteiger partial charge in [-0.25, -0.2) is 4.39 Å². The number of carbonyl (C=O) groups is 3. The van der Waals surface area contributed by atoms with Crippen LogP contribution in [0.4, 0.5) is 23.2 Å². The number of aliphatic carboxylic acids is 1. The summed E-state index contributed by atoms with van der Waals surface area (Å²) in [5.74, 6) is -3.08. The number of halogens is 4. The first kappa shape index (κ1) is 34.2. The van der Waals surface area contributed by atoms with Gasteiger partial charge in [0.25, 0.3) is 5.91 Å². The van der Waals surface area contributed by atoms with E-state index in [-0.39, 0.29) is 63.4 Å². The topological polar surface area (TPSA) is 108 Å². The number of hydrogen-bond acceptors (Lipinski definition) is 6. The molecule has 47 heavy (non-hydrogen) atoms. The molecule has 2 aliphatic rings. The second-order valence-electron chi connectivity index (χ2n) is 12.2. The van der Waals surface area contributed by atoms with Crippen molar-refractivity contribution >= 4 is 35.2 Å². The summed E-state index contributed by atoms with van der Waals surface area (Å²) in [6, 6.07) is 13.5.